The first-order chi connectivity index (χ1) is 23.1. The van der Waals surface area contributed by atoms with Crippen LogP contribution >= 0.6 is 11.8 Å². The molecule has 0 spiro atoms. The number of pyridine rings is 1. The highest BCUT2D eigenvalue weighted by molar-refractivity contribution is 7.99. The lowest BCUT2D eigenvalue weighted by Gasteiger charge is -2.36. The van der Waals surface area contributed by atoms with Crippen molar-refractivity contribution in [2.75, 3.05) is 5.75 Å². The molecule has 1 fully saturated rings. The van der Waals surface area contributed by atoms with Gasteiger partial charge in [0.25, 0.3) is 5.03 Å². The number of hydrogen-bond acceptors (Lipinski definition) is 6. The Balaban J connectivity index is 1.15. The monoisotopic (exact) mass is 647 g/mol. The van der Waals surface area contributed by atoms with Gasteiger partial charge < -0.3 is 30.4 Å². The van der Waals surface area contributed by atoms with Gasteiger partial charge in [-0.15, -0.1) is 0 Å². The maximum atomic E-state index is 12.5. The molecule has 1 aliphatic rings. The van der Waals surface area contributed by atoms with Crippen molar-refractivity contribution in [2.24, 2.45) is 0 Å². The van der Waals surface area contributed by atoms with Gasteiger partial charge in [-0.3, -0.25) is 0 Å². The minimum absolute atomic E-state index is 0.0178. The molecule has 1 saturated heterocycles. The van der Waals surface area contributed by atoms with Crippen molar-refractivity contribution in [1.29, 1.82) is 0 Å². The number of aromatic nitrogens is 1. The Morgan fingerprint density at radius 2 is 1.49 bits per heavy atom. The van der Waals surface area contributed by atoms with Crippen molar-refractivity contribution in [3.05, 3.63) is 161 Å². The van der Waals surface area contributed by atoms with E-state index in [0.29, 0.717) is 30.3 Å². The third-order valence-electron chi connectivity index (χ3n) is 8.07. The molecule has 9 heteroatoms. The predicted molar refractivity (Wildman–Crippen MR) is 182 cm³/mol. The summed E-state index contributed by atoms with van der Waals surface area (Å²) >= 11 is 1.47. The topological polar surface area (TPSA) is 107 Å². The second kappa shape index (κ2) is 15.8. The number of carbonyl (C=O) groups is 1. The zero-order valence-electron chi connectivity index (χ0n) is 25.8. The number of nitrogens with zero attached hydrogens (tertiary/aromatic N) is 1. The van der Waals surface area contributed by atoms with Crippen LogP contribution < -0.4 is 15.4 Å². The highest BCUT2D eigenvalue weighted by Crippen LogP contribution is 2.39. The number of carbonyl (C=O) groups excluding carboxylic acids is 1. The quantitative estimate of drug-likeness (QED) is 0.0826. The van der Waals surface area contributed by atoms with E-state index < -0.39 is 6.29 Å². The molecule has 47 heavy (non-hydrogen) atoms. The van der Waals surface area contributed by atoms with Crippen molar-refractivity contribution in [1.82, 2.24) is 10.6 Å². The molecule has 3 atom stereocenters. The van der Waals surface area contributed by atoms with Gasteiger partial charge in [0.15, 0.2) is 12.5 Å². The van der Waals surface area contributed by atoms with Crippen molar-refractivity contribution in [2.45, 2.75) is 49.6 Å². The Hall–Kier alpha value is -4.67. The third-order valence-corrected chi connectivity index (χ3v) is 9.22. The van der Waals surface area contributed by atoms with E-state index in [4.69, 9.17) is 9.47 Å². The Morgan fingerprint density at radius 1 is 0.787 bits per heavy atom. The maximum absolute atomic E-state index is 12.5. The average molecular weight is 648 g/mol. The molecule has 0 bridgehead atoms. The Morgan fingerprint density at radius 3 is 2.26 bits per heavy atom. The molecule has 0 radical (unpaired) electrons. The summed E-state index contributed by atoms with van der Waals surface area (Å²) in [5, 5.41) is 28.3. The smallest absolute Gasteiger partial charge is 0.315 e. The van der Waals surface area contributed by atoms with E-state index in [0.717, 1.165) is 43.7 Å². The summed E-state index contributed by atoms with van der Waals surface area (Å²) < 4.78 is 13.9. The number of urea groups is 1. The summed E-state index contributed by atoms with van der Waals surface area (Å²) in [5.74, 6) is 0.592. The molecule has 5 aromatic rings. The van der Waals surface area contributed by atoms with Gasteiger partial charge in [0.1, 0.15) is 0 Å². The van der Waals surface area contributed by atoms with Crippen LogP contribution in [0, 0.1) is 5.21 Å². The molecule has 6 rings (SSSR count). The lowest BCUT2D eigenvalue weighted by molar-refractivity contribution is -0.645. The number of amides is 2. The van der Waals surface area contributed by atoms with Gasteiger partial charge >= 0.3 is 6.03 Å². The summed E-state index contributed by atoms with van der Waals surface area (Å²) in [6, 6.07) is 38.9. The molecule has 1 aromatic heterocycles. The SMILES string of the molecule is O=C(NCc1ccccc1)NCc1ccccc1-c1ccc([C@@H]2O[C@H](CSc3cccc[n+]3[O-])C[C@H](c3ccc(CO)cc3)O2)cc1. The second-order valence-corrected chi connectivity index (χ2v) is 12.4. The standard InChI is InChI=1S/C38H37N3O5S/c42-25-28-13-15-30(16-14-28)35-22-33(26-47-36-12-6-7-21-41(36)44)45-37(46-35)31-19-17-29(18-20-31)34-11-5-4-10-32(34)24-40-38(43)39-23-27-8-2-1-3-9-27/h1-21,33,35,37,42H,22-26H2,(H2,39,40,43)/t33-,35+,37+/m0/s1. The normalized spacial score (nSPS) is 17.6. The molecular formula is C38H37N3O5S. The van der Waals surface area contributed by atoms with Crippen LogP contribution in [-0.4, -0.2) is 23.0 Å². The van der Waals surface area contributed by atoms with E-state index >= 15 is 0 Å². The highest BCUT2D eigenvalue weighted by atomic mass is 32.2. The number of benzene rings is 4. The first-order valence-electron chi connectivity index (χ1n) is 15.6. The van der Waals surface area contributed by atoms with Crippen LogP contribution in [0.5, 0.6) is 0 Å². The van der Waals surface area contributed by atoms with Crippen molar-refractivity contribution >= 4 is 17.8 Å². The summed E-state index contributed by atoms with van der Waals surface area (Å²) in [5.41, 5.74) is 6.81. The minimum atomic E-state index is -0.605. The van der Waals surface area contributed by atoms with E-state index in [1.807, 2.05) is 115 Å². The lowest BCUT2D eigenvalue weighted by atomic mass is 9.98. The molecule has 0 aliphatic carbocycles. The molecular weight excluding hydrogens is 611 g/mol. The predicted octanol–water partition coefficient (Wildman–Crippen LogP) is 6.82. The van der Waals surface area contributed by atoms with Gasteiger partial charge in [-0.25, -0.2) is 4.79 Å². The molecule has 8 nitrogen and oxygen atoms in total. The van der Waals surface area contributed by atoms with Gasteiger partial charge in [0, 0.05) is 43.0 Å². The highest BCUT2D eigenvalue weighted by Gasteiger charge is 2.32. The van der Waals surface area contributed by atoms with Crippen LogP contribution in [-0.2, 0) is 29.2 Å². The van der Waals surface area contributed by atoms with Crippen LogP contribution in [0.4, 0.5) is 4.79 Å². The fraction of sp³-hybridized carbons (Fsp3) is 0.211. The molecule has 1 aliphatic heterocycles. The van der Waals surface area contributed by atoms with Gasteiger partial charge in [0.05, 0.1) is 18.8 Å². The van der Waals surface area contributed by atoms with E-state index in [1.54, 1.807) is 6.07 Å². The first kappa shape index (κ1) is 32.3. The number of thioether (sulfide) groups is 1. The van der Waals surface area contributed by atoms with Crippen LogP contribution in [0.1, 0.15) is 46.6 Å². The molecule has 3 N–H and O–H groups in total. The van der Waals surface area contributed by atoms with Crippen LogP contribution in [0.2, 0.25) is 0 Å². The van der Waals surface area contributed by atoms with Gasteiger partial charge in [-0.2, -0.15) is 4.73 Å². The van der Waals surface area contributed by atoms with Gasteiger partial charge in [-0.05, 0) is 39.4 Å². The van der Waals surface area contributed by atoms with Crippen molar-refractivity contribution in [3.63, 3.8) is 0 Å². The zero-order valence-corrected chi connectivity index (χ0v) is 26.6. The van der Waals surface area contributed by atoms with Gasteiger partial charge in [0.2, 0.25) is 0 Å². The van der Waals surface area contributed by atoms with Crippen LogP contribution in [0.3, 0.4) is 0 Å². The summed E-state index contributed by atoms with van der Waals surface area (Å²) in [6.07, 6.45) is 1.14. The fourth-order valence-electron chi connectivity index (χ4n) is 5.52. The fourth-order valence-corrected chi connectivity index (χ4v) is 6.45. The average Bonchev–Trinajstić information content (AvgIpc) is 3.13. The minimum Gasteiger partial charge on any atom is -0.618 e. The Kier molecular flexibility index (Phi) is 10.8. The first-order valence-corrected chi connectivity index (χ1v) is 16.6. The van der Waals surface area contributed by atoms with E-state index in [2.05, 4.69) is 10.6 Å². The molecule has 0 unspecified atom stereocenters. The number of nitrogens with one attached hydrogen (secondary N) is 2. The number of aliphatic hydroxyl groups is 1. The van der Waals surface area contributed by atoms with Crippen LogP contribution in [0.15, 0.2) is 133 Å². The number of hydrogen-bond donors (Lipinski definition) is 3. The summed E-state index contributed by atoms with van der Waals surface area (Å²) in [6.45, 7) is 0.824. The molecule has 2 heterocycles. The second-order valence-electron chi connectivity index (χ2n) is 11.3. The van der Waals surface area contributed by atoms with E-state index in [9.17, 15) is 15.1 Å². The maximum Gasteiger partial charge on any atom is 0.315 e. The largest absolute Gasteiger partial charge is 0.618 e. The molecule has 0 saturated carbocycles. The van der Waals surface area contributed by atoms with E-state index in [1.165, 1.54) is 18.0 Å². The number of ether oxygens (including phenoxy) is 2. The van der Waals surface area contributed by atoms with Gasteiger partial charge in [-0.1, -0.05) is 115 Å². The Labute approximate surface area is 279 Å². The Bertz CT molecular complexity index is 1750. The molecule has 240 valence electrons. The van der Waals surface area contributed by atoms with Crippen LogP contribution in [0.25, 0.3) is 11.1 Å². The molecule has 2 amide bonds. The lowest BCUT2D eigenvalue weighted by Crippen LogP contribution is -2.34. The van der Waals surface area contributed by atoms with Crippen molar-refractivity contribution in [3.8, 4) is 11.1 Å². The number of rotatable bonds is 11. The van der Waals surface area contributed by atoms with Crippen molar-refractivity contribution < 1.29 is 24.1 Å². The number of aliphatic hydroxyl groups excluding tert-OH is 1. The summed E-state index contributed by atoms with van der Waals surface area (Å²) in [7, 11) is 0. The van der Waals surface area contributed by atoms with E-state index in [-0.39, 0.29) is 24.8 Å². The zero-order chi connectivity index (χ0) is 32.4. The summed E-state index contributed by atoms with van der Waals surface area (Å²) in [4.78, 5) is 12.5. The molecule has 4 aromatic carbocycles. The third kappa shape index (κ3) is 8.58.